The SMILES string of the molecule is CCO[C@@H]1Cc2cc(Br)ccc2[C@H]1N1CCN(C2(C)CCN(C(=O)O)CC2)C[C@@H]1C. The second kappa shape index (κ2) is 8.77. The predicted octanol–water partition coefficient (Wildman–Crippen LogP) is 3.99. The van der Waals surface area contributed by atoms with E-state index < -0.39 is 6.09 Å². The van der Waals surface area contributed by atoms with Gasteiger partial charge in [-0.1, -0.05) is 22.0 Å². The normalized spacial score (nSPS) is 29.7. The van der Waals surface area contributed by atoms with Crippen LogP contribution in [-0.4, -0.2) is 82.9 Å². The number of hydrogen-bond donors (Lipinski definition) is 1. The lowest BCUT2D eigenvalue weighted by molar-refractivity contribution is -0.0632. The van der Waals surface area contributed by atoms with E-state index in [4.69, 9.17) is 4.74 Å². The highest BCUT2D eigenvalue weighted by atomic mass is 79.9. The van der Waals surface area contributed by atoms with Crippen molar-refractivity contribution in [1.82, 2.24) is 14.7 Å². The summed E-state index contributed by atoms with van der Waals surface area (Å²) in [5, 5.41) is 9.27. The molecule has 2 saturated heterocycles. The minimum Gasteiger partial charge on any atom is -0.465 e. The number of amides is 1. The zero-order valence-corrected chi connectivity index (χ0v) is 19.9. The molecule has 0 spiro atoms. The highest BCUT2D eigenvalue weighted by molar-refractivity contribution is 9.10. The van der Waals surface area contributed by atoms with Crippen LogP contribution < -0.4 is 0 Å². The van der Waals surface area contributed by atoms with Gasteiger partial charge in [0.1, 0.15) is 0 Å². The van der Waals surface area contributed by atoms with Crippen molar-refractivity contribution in [3.8, 4) is 0 Å². The van der Waals surface area contributed by atoms with E-state index in [2.05, 4.69) is 64.7 Å². The summed E-state index contributed by atoms with van der Waals surface area (Å²) in [7, 11) is 0. The lowest BCUT2D eigenvalue weighted by Gasteiger charge is -2.52. The number of benzene rings is 1. The predicted molar refractivity (Wildman–Crippen MR) is 121 cm³/mol. The van der Waals surface area contributed by atoms with Crippen LogP contribution in [0.3, 0.4) is 0 Å². The molecule has 166 valence electrons. The number of piperazine rings is 1. The summed E-state index contributed by atoms with van der Waals surface area (Å²) in [4.78, 5) is 18.1. The monoisotopic (exact) mass is 479 g/mol. The molecule has 1 aromatic carbocycles. The van der Waals surface area contributed by atoms with Gasteiger partial charge in [0, 0.05) is 61.8 Å². The van der Waals surface area contributed by atoms with Crippen molar-refractivity contribution in [2.75, 3.05) is 39.3 Å². The minimum absolute atomic E-state index is 0.0874. The number of ether oxygens (including phenoxy) is 1. The smallest absolute Gasteiger partial charge is 0.407 e. The van der Waals surface area contributed by atoms with Gasteiger partial charge < -0.3 is 14.7 Å². The molecule has 1 amide bonds. The van der Waals surface area contributed by atoms with Crippen molar-refractivity contribution < 1.29 is 14.6 Å². The minimum atomic E-state index is -0.788. The number of carbonyl (C=O) groups is 1. The molecule has 2 fully saturated rings. The number of fused-ring (bicyclic) bond motifs is 1. The van der Waals surface area contributed by atoms with E-state index in [1.54, 1.807) is 4.90 Å². The number of rotatable bonds is 4. The number of piperidine rings is 1. The van der Waals surface area contributed by atoms with Crippen molar-refractivity contribution in [1.29, 1.82) is 0 Å². The summed E-state index contributed by atoms with van der Waals surface area (Å²) in [6.45, 7) is 11.8. The van der Waals surface area contributed by atoms with Gasteiger partial charge in [-0.15, -0.1) is 0 Å². The van der Waals surface area contributed by atoms with E-state index in [1.807, 2.05) is 0 Å². The maximum atomic E-state index is 11.3. The third kappa shape index (κ3) is 4.14. The van der Waals surface area contributed by atoms with Gasteiger partial charge in [-0.25, -0.2) is 4.79 Å². The summed E-state index contributed by atoms with van der Waals surface area (Å²) in [5.74, 6) is 0. The fraction of sp³-hybridized carbons (Fsp3) is 0.696. The Kier molecular flexibility index (Phi) is 6.45. The number of likely N-dealkylation sites (tertiary alicyclic amines) is 1. The van der Waals surface area contributed by atoms with Gasteiger partial charge in [0.25, 0.3) is 0 Å². The lowest BCUT2D eigenvalue weighted by atomic mass is 9.86. The summed E-state index contributed by atoms with van der Waals surface area (Å²) >= 11 is 3.62. The Bertz CT molecular complexity index is 781. The quantitative estimate of drug-likeness (QED) is 0.707. The van der Waals surface area contributed by atoms with Crippen LogP contribution in [0.4, 0.5) is 4.79 Å². The van der Waals surface area contributed by atoms with Crippen LogP contribution in [0.1, 0.15) is 50.8 Å². The molecule has 0 aromatic heterocycles. The first kappa shape index (κ1) is 22.1. The highest BCUT2D eigenvalue weighted by Crippen LogP contribution is 2.41. The Morgan fingerprint density at radius 2 is 2.00 bits per heavy atom. The average Bonchev–Trinajstić information content (AvgIpc) is 3.05. The third-order valence-corrected chi connectivity index (χ3v) is 7.98. The molecule has 2 heterocycles. The maximum absolute atomic E-state index is 11.3. The summed E-state index contributed by atoms with van der Waals surface area (Å²) in [6.07, 6.45) is 2.22. The van der Waals surface area contributed by atoms with Gasteiger partial charge in [-0.2, -0.15) is 0 Å². The van der Waals surface area contributed by atoms with E-state index >= 15 is 0 Å². The van der Waals surface area contributed by atoms with Crippen LogP contribution in [0.2, 0.25) is 0 Å². The number of hydrogen-bond acceptors (Lipinski definition) is 4. The first-order chi connectivity index (χ1) is 14.3. The lowest BCUT2D eigenvalue weighted by Crippen LogP contribution is -2.62. The van der Waals surface area contributed by atoms with Crippen LogP contribution in [-0.2, 0) is 11.2 Å². The van der Waals surface area contributed by atoms with Crippen LogP contribution in [0.25, 0.3) is 0 Å². The van der Waals surface area contributed by atoms with Gasteiger partial charge in [0.2, 0.25) is 0 Å². The van der Waals surface area contributed by atoms with Gasteiger partial charge >= 0.3 is 6.09 Å². The van der Waals surface area contributed by atoms with E-state index in [0.717, 1.165) is 50.0 Å². The molecular formula is C23H34BrN3O3. The van der Waals surface area contributed by atoms with Crippen LogP contribution in [0, 0.1) is 0 Å². The fourth-order valence-corrected chi connectivity index (χ4v) is 6.10. The molecular weight excluding hydrogens is 446 g/mol. The number of nitrogens with zero attached hydrogens (tertiary/aromatic N) is 3. The average molecular weight is 480 g/mol. The van der Waals surface area contributed by atoms with E-state index in [9.17, 15) is 9.90 Å². The van der Waals surface area contributed by atoms with Crippen LogP contribution in [0.15, 0.2) is 22.7 Å². The van der Waals surface area contributed by atoms with Crippen LogP contribution in [0.5, 0.6) is 0 Å². The zero-order valence-electron chi connectivity index (χ0n) is 18.3. The van der Waals surface area contributed by atoms with Gasteiger partial charge in [-0.05, 0) is 56.9 Å². The molecule has 0 saturated carbocycles. The summed E-state index contributed by atoms with van der Waals surface area (Å²) < 4.78 is 7.34. The molecule has 6 nitrogen and oxygen atoms in total. The molecule has 1 aliphatic carbocycles. The molecule has 1 aromatic rings. The maximum Gasteiger partial charge on any atom is 0.407 e. The molecule has 2 aliphatic heterocycles. The second-order valence-corrected chi connectivity index (χ2v) is 10.2. The van der Waals surface area contributed by atoms with Crippen molar-refractivity contribution in [2.45, 2.75) is 63.8 Å². The standard InChI is InChI=1S/C23H34BrN3O3/c1-4-30-20-14-17-13-18(24)5-6-19(17)21(20)27-12-11-26(15-16(27)2)23(3)7-9-25(10-8-23)22(28)29/h5-6,13,16,20-21H,4,7-12,14-15H2,1-3H3,(H,28,29)/t16-,20+,21+/m0/s1. The van der Waals surface area contributed by atoms with Crippen molar-refractivity contribution in [3.63, 3.8) is 0 Å². The Balaban J connectivity index is 1.47. The molecule has 30 heavy (non-hydrogen) atoms. The first-order valence-electron chi connectivity index (χ1n) is 11.2. The molecule has 3 aliphatic rings. The Morgan fingerprint density at radius 3 is 2.63 bits per heavy atom. The molecule has 0 radical (unpaired) electrons. The third-order valence-electron chi connectivity index (χ3n) is 7.49. The Hall–Kier alpha value is -1.15. The molecule has 3 atom stereocenters. The molecule has 7 heteroatoms. The van der Waals surface area contributed by atoms with Crippen molar-refractivity contribution >= 4 is 22.0 Å². The van der Waals surface area contributed by atoms with Crippen molar-refractivity contribution in [3.05, 3.63) is 33.8 Å². The Labute approximate surface area is 188 Å². The molecule has 4 rings (SSSR count). The number of carboxylic acid groups (broad SMARTS) is 1. The molecule has 0 bridgehead atoms. The largest absolute Gasteiger partial charge is 0.465 e. The fourth-order valence-electron chi connectivity index (χ4n) is 5.70. The molecule has 0 unspecified atom stereocenters. The van der Waals surface area contributed by atoms with E-state index in [1.165, 1.54) is 11.1 Å². The second-order valence-electron chi connectivity index (χ2n) is 9.29. The van der Waals surface area contributed by atoms with Crippen molar-refractivity contribution in [2.24, 2.45) is 0 Å². The topological polar surface area (TPSA) is 56.2 Å². The zero-order chi connectivity index (χ0) is 21.5. The van der Waals surface area contributed by atoms with Gasteiger partial charge in [0.05, 0.1) is 12.1 Å². The van der Waals surface area contributed by atoms with E-state index in [-0.39, 0.29) is 11.6 Å². The van der Waals surface area contributed by atoms with Gasteiger partial charge in [0.15, 0.2) is 0 Å². The highest BCUT2D eigenvalue weighted by Gasteiger charge is 2.44. The number of halogens is 1. The summed E-state index contributed by atoms with van der Waals surface area (Å²) in [6, 6.07) is 7.41. The summed E-state index contributed by atoms with van der Waals surface area (Å²) in [5.41, 5.74) is 2.90. The van der Waals surface area contributed by atoms with E-state index in [0.29, 0.717) is 25.2 Å². The first-order valence-corrected chi connectivity index (χ1v) is 12.0. The van der Waals surface area contributed by atoms with Crippen LogP contribution >= 0.6 is 15.9 Å². The Morgan fingerprint density at radius 1 is 1.27 bits per heavy atom. The van der Waals surface area contributed by atoms with Gasteiger partial charge in [-0.3, -0.25) is 9.80 Å². The molecule has 1 N–H and O–H groups in total.